The molecule has 0 aliphatic rings. The number of hydrogen-bond acceptors (Lipinski definition) is 1. The van der Waals surface area contributed by atoms with E-state index < -0.39 is 0 Å². The highest BCUT2D eigenvalue weighted by Crippen LogP contribution is 2.21. The molecule has 1 rings (SSSR count). The van der Waals surface area contributed by atoms with Crippen LogP contribution in [0.1, 0.15) is 52.1 Å². The Bertz CT molecular complexity index is 320. The summed E-state index contributed by atoms with van der Waals surface area (Å²) in [4.78, 5) is 0. The fourth-order valence-electron chi connectivity index (χ4n) is 1.98. The summed E-state index contributed by atoms with van der Waals surface area (Å²) in [6, 6.07) is 9.14. The van der Waals surface area contributed by atoms with Crippen molar-refractivity contribution < 1.29 is 0 Å². The average Bonchev–Trinajstić information content (AvgIpc) is 2.35. The molecule has 1 nitrogen and oxygen atoms in total. The lowest BCUT2D eigenvalue weighted by atomic mass is 9.97. The zero-order valence-electron chi connectivity index (χ0n) is 11.3. The normalized spacial score (nSPS) is 16.5. The second-order valence-electron chi connectivity index (χ2n) is 4.85. The molecule has 0 bridgehead atoms. The van der Waals surface area contributed by atoms with E-state index in [4.69, 9.17) is 11.6 Å². The molecule has 0 aliphatic carbocycles. The van der Waals surface area contributed by atoms with Gasteiger partial charge in [-0.1, -0.05) is 50.9 Å². The van der Waals surface area contributed by atoms with Crippen molar-refractivity contribution in [2.75, 3.05) is 0 Å². The molecule has 0 aromatic heterocycles. The van der Waals surface area contributed by atoms with Gasteiger partial charge in [0.1, 0.15) is 0 Å². The first-order valence-corrected chi connectivity index (χ1v) is 6.97. The molecule has 0 saturated heterocycles. The predicted octanol–water partition coefficient (Wildman–Crippen LogP) is 4.82. The summed E-state index contributed by atoms with van der Waals surface area (Å²) in [7, 11) is 0. The maximum Gasteiger partial charge on any atom is 0.0406 e. The Hall–Kier alpha value is -0.530. The first kappa shape index (κ1) is 14.5. The molecular weight excluding hydrogens is 230 g/mol. The van der Waals surface area contributed by atoms with E-state index in [2.05, 4.69) is 45.1 Å². The summed E-state index contributed by atoms with van der Waals surface area (Å²) >= 11 is 5.92. The van der Waals surface area contributed by atoms with Crippen LogP contribution in [0.15, 0.2) is 24.3 Å². The molecule has 0 spiro atoms. The highest BCUT2D eigenvalue weighted by molar-refractivity contribution is 6.30. The number of hydrogen-bond donors (Lipinski definition) is 1. The summed E-state index contributed by atoms with van der Waals surface area (Å²) in [5, 5.41) is 4.51. The Morgan fingerprint density at radius 3 is 2.12 bits per heavy atom. The molecule has 96 valence electrons. The summed E-state index contributed by atoms with van der Waals surface area (Å²) in [6.45, 7) is 9.03. The van der Waals surface area contributed by atoms with E-state index in [1.165, 1.54) is 12.0 Å². The van der Waals surface area contributed by atoms with Crippen LogP contribution in [0.3, 0.4) is 0 Å². The van der Waals surface area contributed by atoms with E-state index in [9.17, 15) is 0 Å². The number of nitrogens with one attached hydrogen (secondary N) is 1. The van der Waals surface area contributed by atoms with Gasteiger partial charge in [0.05, 0.1) is 0 Å². The molecule has 0 heterocycles. The van der Waals surface area contributed by atoms with Gasteiger partial charge in [-0.25, -0.2) is 0 Å². The Labute approximate surface area is 111 Å². The first-order valence-electron chi connectivity index (χ1n) is 6.60. The fraction of sp³-hybridized carbons (Fsp3) is 0.600. The quantitative estimate of drug-likeness (QED) is 0.767. The van der Waals surface area contributed by atoms with Crippen LogP contribution in [0.2, 0.25) is 5.02 Å². The van der Waals surface area contributed by atoms with Gasteiger partial charge in [0.2, 0.25) is 0 Å². The molecule has 3 unspecified atom stereocenters. The molecule has 17 heavy (non-hydrogen) atoms. The Balaban J connectivity index is 2.68. The van der Waals surface area contributed by atoms with E-state index in [-0.39, 0.29) is 0 Å². The van der Waals surface area contributed by atoms with Crippen molar-refractivity contribution in [1.82, 2.24) is 5.32 Å². The minimum atomic E-state index is 0.427. The summed E-state index contributed by atoms with van der Waals surface area (Å²) < 4.78 is 0. The zero-order valence-corrected chi connectivity index (χ0v) is 12.1. The molecule has 2 heteroatoms. The van der Waals surface area contributed by atoms with Gasteiger partial charge in [0, 0.05) is 17.1 Å². The van der Waals surface area contributed by atoms with Gasteiger partial charge >= 0.3 is 0 Å². The Kier molecular flexibility index (Phi) is 6.01. The van der Waals surface area contributed by atoms with Crippen molar-refractivity contribution in [2.24, 2.45) is 5.92 Å². The lowest BCUT2D eigenvalue weighted by molar-refractivity contribution is 0.346. The minimum absolute atomic E-state index is 0.427. The van der Waals surface area contributed by atoms with Crippen molar-refractivity contribution >= 4 is 11.6 Å². The summed E-state index contributed by atoms with van der Waals surface area (Å²) in [5.41, 5.74) is 1.33. The summed E-state index contributed by atoms with van der Waals surface area (Å²) in [5.74, 6) is 0.705. The molecule has 0 fully saturated rings. The standard InChI is InChI=1S/C15H24ClN/c1-5-11(3)12(4)17-15(6-2)13-7-9-14(16)10-8-13/h7-12,15,17H,5-6H2,1-4H3. The highest BCUT2D eigenvalue weighted by Gasteiger charge is 2.15. The van der Waals surface area contributed by atoms with Crippen molar-refractivity contribution in [1.29, 1.82) is 0 Å². The van der Waals surface area contributed by atoms with Crippen LogP contribution in [-0.2, 0) is 0 Å². The van der Waals surface area contributed by atoms with Gasteiger partial charge in [0.25, 0.3) is 0 Å². The molecule has 0 amide bonds. The van der Waals surface area contributed by atoms with Crippen molar-refractivity contribution in [3.8, 4) is 0 Å². The van der Waals surface area contributed by atoms with E-state index in [0.29, 0.717) is 18.0 Å². The van der Waals surface area contributed by atoms with Crippen LogP contribution in [0.4, 0.5) is 0 Å². The maximum atomic E-state index is 5.92. The molecular formula is C15H24ClN. The van der Waals surface area contributed by atoms with Crippen LogP contribution in [0.25, 0.3) is 0 Å². The van der Waals surface area contributed by atoms with Crippen molar-refractivity contribution in [3.63, 3.8) is 0 Å². The second-order valence-corrected chi connectivity index (χ2v) is 5.29. The number of benzene rings is 1. The third-order valence-electron chi connectivity index (χ3n) is 3.64. The topological polar surface area (TPSA) is 12.0 Å². The molecule has 1 N–H and O–H groups in total. The third kappa shape index (κ3) is 4.33. The van der Waals surface area contributed by atoms with Crippen LogP contribution >= 0.6 is 11.6 Å². The minimum Gasteiger partial charge on any atom is -0.307 e. The molecule has 1 aromatic rings. The monoisotopic (exact) mass is 253 g/mol. The van der Waals surface area contributed by atoms with Gasteiger partial charge in [-0.05, 0) is 37.0 Å². The van der Waals surface area contributed by atoms with E-state index in [1.807, 2.05) is 12.1 Å². The van der Waals surface area contributed by atoms with Crippen LogP contribution in [-0.4, -0.2) is 6.04 Å². The number of rotatable bonds is 6. The smallest absolute Gasteiger partial charge is 0.0406 e. The Morgan fingerprint density at radius 2 is 1.65 bits per heavy atom. The fourth-order valence-corrected chi connectivity index (χ4v) is 2.11. The lowest BCUT2D eigenvalue weighted by Crippen LogP contribution is -2.34. The van der Waals surface area contributed by atoms with Crippen molar-refractivity contribution in [3.05, 3.63) is 34.9 Å². The highest BCUT2D eigenvalue weighted by atomic mass is 35.5. The van der Waals surface area contributed by atoms with Gasteiger partial charge in [0.15, 0.2) is 0 Å². The van der Waals surface area contributed by atoms with E-state index >= 15 is 0 Å². The first-order chi connectivity index (χ1) is 8.08. The lowest BCUT2D eigenvalue weighted by Gasteiger charge is -2.26. The Morgan fingerprint density at radius 1 is 1.06 bits per heavy atom. The van der Waals surface area contributed by atoms with Crippen LogP contribution in [0, 0.1) is 5.92 Å². The molecule has 0 saturated carbocycles. The van der Waals surface area contributed by atoms with Gasteiger partial charge in [-0.3, -0.25) is 0 Å². The van der Waals surface area contributed by atoms with E-state index in [0.717, 1.165) is 11.4 Å². The predicted molar refractivity (Wildman–Crippen MR) is 76.5 cm³/mol. The van der Waals surface area contributed by atoms with Crippen LogP contribution in [0.5, 0.6) is 0 Å². The molecule has 0 aliphatic heterocycles. The second kappa shape index (κ2) is 7.03. The SMILES string of the molecule is CCC(NC(C)C(C)CC)c1ccc(Cl)cc1. The molecule has 1 aromatic carbocycles. The maximum absolute atomic E-state index is 5.92. The summed E-state index contributed by atoms with van der Waals surface area (Å²) in [6.07, 6.45) is 2.31. The van der Waals surface area contributed by atoms with Crippen LogP contribution < -0.4 is 5.32 Å². The average molecular weight is 254 g/mol. The van der Waals surface area contributed by atoms with E-state index in [1.54, 1.807) is 0 Å². The van der Waals surface area contributed by atoms with Crippen molar-refractivity contribution in [2.45, 2.75) is 52.6 Å². The van der Waals surface area contributed by atoms with Gasteiger partial charge in [-0.15, -0.1) is 0 Å². The number of halogens is 1. The third-order valence-corrected chi connectivity index (χ3v) is 3.89. The van der Waals surface area contributed by atoms with Gasteiger partial charge < -0.3 is 5.32 Å². The zero-order chi connectivity index (χ0) is 12.8. The molecule has 0 radical (unpaired) electrons. The van der Waals surface area contributed by atoms with Gasteiger partial charge in [-0.2, -0.15) is 0 Å². The molecule has 3 atom stereocenters. The largest absolute Gasteiger partial charge is 0.307 e.